The number of carboxylic acid groups (broad SMARTS) is 2. The number of aliphatic carboxylic acids is 2. The third-order valence-corrected chi connectivity index (χ3v) is 9.31. The van der Waals surface area contributed by atoms with Crippen LogP contribution in [0.4, 0.5) is 0 Å². The highest BCUT2D eigenvalue weighted by Crippen LogP contribution is 2.67. The van der Waals surface area contributed by atoms with Gasteiger partial charge in [-0.3, -0.25) is 14.4 Å². The molecule has 0 heterocycles. The van der Waals surface area contributed by atoms with Gasteiger partial charge in [-0.1, -0.05) is 26.3 Å². The summed E-state index contributed by atoms with van der Waals surface area (Å²) in [5.74, 6) is -1.79. The van der Waals surface area contributed by atoms with Crippen LogP contribution in [0.3, 0.4) is 0 Å². The van der Waals surface area contributed by atoms with Crippen molar-refractivity contribution < 1.29 is 49.8 Å². The van der Waals surface area contributed by atoms with Crippen LogP contribution in [0.25, 0.3) is 0 Å². The SMILES string of the molecule is CC(O)C(=O)O.CCC(=O)O.C[C@]12CCC(=O)C=C1CC[C@@H]1[C@@H]2[C@@H](O)C[C@@]2(C)[C@H]1CC[C@]2(O)C(=O)CO. The Morgan fingerprint density at radius 3 is 2.16 bits per heavy atom. The van der Waals surface area contributed by atoms with Crippen molar-refractivity contribution in [2.45, 2.75) is 96.9 Å². The van der Waals surface area contributed by atoms with Crippen molar-refractivity contribution >= 4 is 23.5 Å². The van der Waals surface area contributed by atoms with E-state index in [4.69, 9.17) is 15.3 Å². The molecule has 4 rings (SSSR count). The minimum atomic E-state index is -1.54. The zero-order valence-electron chi connectivity index (χ0n) is 22.1. The maximum Gasteiger partial charge on any atom is 0.332 e. The Bertz CT molecular complexity index is 926. The van der Waals surface area contributed by atoms with E-state index in [1.54, 1.807) is 13.0 Å². The van der Waals surface area contributed by atoms with Crippen LogP contribution in [0.1, 0.15) is 79.1 Å². The highest BCUT2D eigenvalue weighted by molar-refractivity contribution is 5.91. The summed E-state index contributed by atoms with van der Waals surface area (Å²) >= 11 is 0. The number of carbonyl (C=O) groups excluding carboxylic acids is 2. The number of fused-ring (bicyclic) bond motifs is 5. The first-order valence-electron chi connectivity index (χ1n) is 13.0. The Morgan fingerprint density at radius 2 is 1.68 bits per heavy atom. The summed E-state index contributed by atoms with van der Waals surface area (Å²) in [4.78, 5) is 43.1. The quantitative estimate of drug-likeness (QED) is 0.314. The van der Waals surface area contributed by atoms with Crippen LogP contribution in [0.15, 0.2) is 11.6 Å². The van der Waals surface area contributed by atoms with Crippen molar-refractivity contribution in [3.63, 3.8) is 0 Å². The van der Waals surface area contributed by atoms with Crippen LogP contribution in [0, 0.1) is 28.6 Å². The van der Waals surface area contributed by atoms with Crippen LogP contribution in [0.5, 0.6) is 0 Å². The van der Waals surface area contributed by atoms with Gasteiger partial charge >= 0.3 is 11.9 Å². The molecule has 37 heavy (non-hydrogen) atoms. The van der Waals surface area contributed by atoms with Crippen molar-refractivity contribution in [2.75, 3.05) is 6.61 Å². The van der Waals surface area contributed by atoms with E-state index in [1.165, 1.54) is 12.5 Å². The maximum absolute atomic E-state index is 12.4. The molecule has 3 fully saturated rings. The summed E-state index contributed by atoms with van der Waals surface area (Å²) in [6, 6.07) is 0. The molecule has 0 amide bonds. The second-order valence-corrected chi connectivity index (χ2v) is 11.3. The number of hydrogen-bond donors (Lipinski definition) is 6. The van der Waals surface area contributed by atoms with Gasteiger partial charge in [-0.2, -0.15) is 0 Å². The van der Waals surface area contributed by atoms with E-state index in [0.717, 1.165) is 25.7 Å². The lowest BCUT2D eigenvalue weighted by atomic mass is 9.45. The first kappa shape index (κ1) is 31.1. The van der Waals surface area contributed by atoms with E-state index in [2.05, 4.69) is 6.92 Å². The Labute approximate surface area is 217 Å². The number of rotatable bonds is 4. The summed E-state index contributed by atoms with van der Waals surface area (Å²) in [7, 11) is 0. The Hall–Kier alpha value is -2.14. The molecular formula is C27H42O10. The third-order valence-electron chi connectivity index (χ3n) is 9.31. The van der Waals surface area contributed by atoms with E-state index in [0.29, 0.717) is 19.3 Å². The fraction of sp³-hybridized carbons (Fsp3) is 0.778. The molecular weight excluding hydrogens is 484 g/mol. The summed E-state index contributed by atoms with van der Waals surface area (Å²) in [5, 5.41) is 55.2. The third kappa shape index (κ3) is 5.82. The number of Topliss-reactive ketones (excluding diaryl/α,β-unsaturated/α-hetero) is 1. The number of carboxylic acids is 2. The van der Waals surface area contributed by atoms with Gasteiger partial charge in [0.2, 0.25) is 0 Å². The number of allylic oxidation sites excluding steroid dienone is 1. The lowest BCUT2D eigenvalue weighted by molar-refractivity contribution is -0.182. The van der Waals surface area contributed by atoms with Crippen molar-refractivity contribution in [3.8, 4) is 0 Å². The number of ketones is 2. The number of aliphatic hydroxyl groups is 4. The van der Waals surface area contributed by atoms with Gasteiger partial charge in [-0.25, -0.2) is 4.79 Å². The lowest BCUT2D eigenvalue weighted by Gasteiger charge is -2.60. The zero-order chi connectivity index (χ0) is 28.3. The smallest absolute Gasteiger partial charge is 0.332 e. The molecule has 3 saturated carbocycles. The monoisotopic (exact) mass is 526 g/mol. The Kier molecular flexibility index (Phi) is 9.84. The van der Waals surface area contributed by atoms with Gasteiger partial charge in [-0.15, -0.1) is 0 Å². The predicted molar refractivity (Wildman–Crippen MR) is 132 cm³/mol. The van der Waals surface area contributed by atoms with Crippen molar-refractivity contribution in [3.05, 3.63) is 11.6 Å². The molecule has 10 heteroatoms. The van der Waals surface area contributed by atoms with E-state index >= 15 is 0 Å². The van der Waals surface area contributed by atoms with Crippen LogP contribution < -0.4 is 0 Å². The average Bonchev–Trinajstić information content (AvgIpc) is 3.10. The highest BCUT2D eigenvalue weighted by atomic mass is 16.4. The maximum atomic E-state index is 12.4. The molecule has 0 aromatic heterocycles. The average molecular weight is 527 g/mol. The Morgan fingerprint density at radius 1 is 1.11 bits per heavy atom. The summed E-state index contributed by atoms with van der Waals surface area (Å²) in [6.07, 6.45) is 4.73. The number of carbonyl (C=O) groups is 4. The van der Waals surface area contributed by atoms with Crippen LogP contribution in [-0.2, 0) is 19.2 Å². The van der Waals surface area contributed by atoms with Crippen LogP contribution in [0.2, 0.25) is 0 Å². The van der Waals surface area contributed by atoms with Crippen LogP contribution >= 0.6 is 0 Å². The van der Waals surface area contributed by atoms with Gasteiger partial charge in [-0.05, 0) is 74.7 Å². The van der Waals surface area contributed by atoms with E-state index < -0.39 is 47.6 Å². The van der Waals surface area contributed by atoms with E-state index in [1.807, 2.05) is 6.92 Å². The molecule has 210 valence electrons. The summed E-state index contributed by atoms with van der Waals surface area (Å²) < 4.78 is 0. The predicted octanol–water partition coefficient (Wildman–Crippen LogP) is 1.71. The molecule has 8 atom stereocenters. The molecule has 4 aliphatic carbocycles. The van der Waals surface area contributed by atoms with Gasteiger partial charge in [0, 0.05) is 18.3 Å². The minimum absolute atomic E-state index is 0.0697. The number of aliphatic hydroxyl groups excluding tert-OH is 3. The molecule has 10 nitrogen and oxygen atoms in total. The van der Waals surface area contributed by atoms with Gasteiger partial charge in [0.25, 0.3) is 0 Å². The molecule has 0 aliphatic heterocycles. The van der Waals surface area contributed by atoms with Crippen molar-refractivity contribution in [1.82, 2.24) is 0 Å². The van der Waals surface area contributed by atoms with E-state index in [-0.39, 0.29) is 35.4 Å². The van der Waals surface area contributed by atoms with Crippen LogP contribution in [-0.4, -0.2) is 78.6 Å². The minimum Gasteiger partial charge on any atom is -0.481 e. The second kappa shape index (κ2) is 11.7. The summed E-state index contributed by atoms with van der Waals surface area (Å²) in [6.45, 7) is 6.25. The normalized spacial score (nSPS) is 38.7. The zero-order valence-corrected chi connectivity index (χ0v) is 22.1. The molecule has 0 aromatic rings. The lowest BCUT2D eigenvalue weighted by Crippen LogP contribution is -2.62. The van der Waals surface area contributed by atoms with Gasteiger partial charge < -0.3 is 30.6 Å². The fourth-order valence-corrected chi connectivity index (χ4v) is 7.28. The first-order chi connectivity index (χ1) is 17.1. The Balaban J connectivity index is 0.000000370. The fourth-order valence-electron chi connectivity index (χ4n) is 7.28. The molecule has 4 aliphatic rings. The van der Waals surface area contributed by atoms with Gasteiger partial charge in [0.15, 0.2) is 11.6 Å². The molecule has 0 aromatic carbocycles. The van der Waals surface area contributed by atoms with Crippen molar-refractivity contribution in [1.29, 1.82) is 0 Å². The standard InChI is InChI=1S/C21H30O5.C3H6O3.C3H6O2/c1-19-7-5-13(23)9-12(19)3-4-14-15-6-8-21(26,17(25)11-22)20(15,2)10-16(24)18(14)19;1-2(4)3(5)6;1-2-3(4)5/h9,14-16,18,22,24,26H,3-8,10-11H2,1-2H3;2,4H,1H3,(H,5,6);2H2,1H3,(H,4,5)/t14-,15-,16-,18+,19-,20-,21-;;/m0../s1. The molecule has 6 N–H and O–H groups in total. The summed E-state index contributed by atoms with van der Waals surface area (Å²) in [5.41, 5.74) is -1.23. The molecule has 0 radical (unpaired) electrons. The van der Waals surface area contributed by atoms with Gasteiger partial charge in [0.05, 0.1) is 6.10 Å². The highest BCUT2D eigenvalue weighted by Gasteiger charge is 2.68. The molecule has 1 unspecified atom stereocenters. The van der Waals surface area contributed by atoms with E-state index in [9.17, 15) is 34.5 Å². The molecule has 0 spiro atoms. The largest absolute Gasteiger partial charge is 0.481 e. The second-order valence-electron chi connectivity index (χ2n) is 11.3. The first-order valence-corrected chi connectivity index (χ1v) is 13.0. The topological polar surface area (TPSA) is 190 Å². The van der Waals surface area contributed by atoms with Gasteiger partial charge in [0.1, 0.15) is 18.3 Å². The molecule has 0 bridgehead atoms. The number of hydrogen-bond acceptors (Lipinski definition) is 8. The molecule has 0 saturated heterocycles. The van der Waals surface area contributed by atoms with Crippen molar-refractivity contribution in [2.24, 2.45) is 28.6 Å².